The zero-order chi connectivity index (χ0) is 19.2. The van der Waals surface area contributed by atoms with Gasteiger partial charge < -0.3 is 4.74 Å². The number of halogens is 1. The number of carbonyl (C=O) groups excluding carboxylic acids is 3. The van der Waals surface area contributed by atoms with E-state index in [2.05, 4.69) is 26.6 Å². The van der Waals surface area contributed by atoms with Crippen molar-refractivity contribution in [1.29, 1.82) is 0 Å². The first-order valence-corrected chi connectivity index (χ1v) is 10.1. The summed E-state index contributed by atoms with van der Waals surface area (Å²) in [4.78, 5) is 34.6. The van der Waals surface area contributed by atoms with Crippen molar-refractivity contribution in [2.75, 3.05) is 6.61 Å². The molecule has 0 aromatic heterocycles. The molecule has 1 aromatic carbocycles. The van der Waals surface area contributed by atoms with E-state index in [4.69, 9.17) is 4.74 Å². The van der Waals surface area contributed by atoms with Crippen LogP contribution in [0.4, 0.5) is 4.79 Å². The highest BCUT2D eigenvalue weighted by atomic mass is 79.9. The lowest BCUT2D eigenvalue weighted by Crippen LogP contribution is -2.51. The van der Waals surface area contributed by atoms with Crippen LogP contribution in [0.3, 0.4) is 0 Å². The molecule has 7 heteroatoms. The minimum atomic E-state index is -0.805. The Morgan fingerprint density at radius 1 is 1.07 bits per heavy atom. The predicted molar refractivity (Wildman–Crippen MR) is 105 cm³/mol. The Hall–Kier alpha value is -2.15. The van der Waals surface area contributed by atoms with E-state index in [9.17, 15) is 14.4 Å². The largest absolute Gasteiger partial charge is 0.492 e. The highest BCUT2D eigenvalue weighted by molar-refractivity contribution is 9.10. The second kappa shape index (κ2) is 9.17. The number of rotatable bonds is 6. The van der Waals surface area contributed by atoms with Gasteiger partial charge in [0.2, 0.25) is 0 Å². The van der Waals surface area contributed by atoms with Gasteiger partial charge in [-0.05, 0) is 58.5 Å². The minimum Gasteiger partial charge on any atom is -0.492 e. The van der Waals surface area contributed by atoms with Gasteiger partial charge in [-0.25, -0.2) is 4.79 Å². The second-order valence-corrected chi connectivity index (χ2v) is 7.83. The lowest BCUT2D eigenvalue weighted by Gasteiger charge is -2.21. The molecule has 0 atom stereocenters. The van der Waals surface area contributed by atoms with Crippen molar-refractivity contribution in [3.8, 4) is 5.75 Å². The van der Waals surface area contributed by atoms with Crippen molar-refractivity contribution in [1.82, 2.24) is 10.6 Å². The summed E-state index contributed by atoms with van der Waals surface area (Å²) in [5, 5.41) is 4.11. The monoisotopic (exact) mass is 434 g/mol. The maximum Gasteiger partial charge on any atom is 0.328 e. The van der Waals surface area contributed by atoms with Gasteiger partial charge in [0.15, 0.2) is 0 Å². The van der Waals surface area contributed by atoms with Crippen molar-refractivity contribution in [2.24, 2.45) is 5.92 Å². The van der Waals surface area contributed by atoms with Gasteiger partial charge in [0.25, 0.3) is 11.8 Å². The lowest BCUT2D eigenvalue weighted by molar-refractivity contribution is -0.123. The molecule has 2 aliphatic rings. The van der Waals surface area contributed by atoms with E-state index in [1.165, 1.54) is 44.6 Å². The van der Waals surface area contributed by atoms with E-state index in [1.807, 2.05) is 0 Å². The van der Waals surface area contributed by atoms with Crippen LogP contribution in [0.15, 0.2) is 28.2 Å². The number of hydrogen-bond acceptors (Lipinski definition) is 4. The molecule has 1 saturated heterocycles. The Bertz CT molecular complexity index is 747. The van der Waals surface area contributed by atoms with E-state index < -0.39 is 17.8 Å². The summed E-state index contributed by atoms with van der Waals surface area (Å²) in [7, 11) is 0. The molecular weight excluding hydrogens is 412 g/mol. The first-order chi connectivity index (χ1) is 13.0. The van der Waals surface area contributed by atoms with E-state index in [0.717, 1.165) is 22.6 Å². The molecule has 0 bridgehead atoms. The average Bonchev–Trinajstić information content (AvgIpc) is 2.64. The quantitative estimate of drug-likeness (QED) is 0.403. The number of urea groups is 1. The number of hydrogen-bond donors (Lipinski definition) is 2. The number of amides is 4. The third kappa shape index (κ3) is 5.42. The van der Waals surface area contributed by atoms with Crippen LogP contribution in [0, 0.1) is 5.92 Å². The summed E-state index contributed by atoms with van der Waals surface area (Å²) >= 11 is 3.47. The topological polar surface area (TPSA) is 84.5 Å². The molecule has 1 aliphatic carbocycles. The van der Waals surface area contributed by atoms with E-state index in [-0.39, 0.29) is 5.57 Å². The predicted octanol–water partition coefficient (Wildman–Crippen LogP) is 3.94. The third-order valence-corrected chi connectivity index (χ3v) is 5.57. The van der Waals surface area contributed by atoms with Crippen LogP contribution in [0.25, 0.3) is 6.08 Å². The smallest absolute Gasteiger partial charge is 0.328 e. The number of carbonyl (C=O) groups is 3. The molecule has 1 saturated carbocycles. The third-order valence-electron chi connectivity index (χ3n) is 4.95. The summed E-state index contributed by atoms with van der Waals surface area (Å²) in [5.41, 5.74) is 0.550. The Kier molecular flexibility index (Phi) is 6.66. The molecule has 4 amide bonds. The molecule has 144 valence electrons. The maximum atomic E-state index is 11.8. The molecule has 6 nitrogen and oxygen atoms in total. The van der Waals surface area contributed by atoms with Crippen molar-refractivity contribution < 1.29 is 19.1 Å². The molecule has 2 N–H and O–H groups in total. The standard InChI is InChI=1S/C20H23BrN2O4/c21-16-12-14(11-15-18(24)22-20(26)23-19(15)25)8-9-17(16)27-10-4-7-13-5-2-1-3-6-13/h8-9,11-13H,1-7,10H2,(H2,22,23,24,25,26). The Labute approximate surface area is 166 Å². The van der Waals surface area contributed by atoms with Crippen LogP contribution in [0.2, 0.25) is 0 Å². The first-order valence-electron chi connectivity index (χ1n) is 9.33. The van der Waals surface area contributed by atoms with Crippen LogP contribution in [0.1, 0.15) is 50.5 Å². The average molecular weight is 435 g/mol. The Morgan fingerprint density at radius 3 is 2.44 bits per heavy atom. The van der Waals surface area contributed by atoms with Crippen molar-refractivity contribution in [3.63, 3.8) is 0 Å². The van der Waals surface area contributed by atoms with Crippen LogP contribution < -0.4 is 15.4 Å². The number of nitrogens with one attached hydrogen (secondary N) is 2. The molecule has 0 spiro atoms. The fourth-order valence-corrected chi connectivity index (χ4v) is 4.04. The Morgan fingerprint density at radius 2 is 1.78 bits per heavy atom. The van der Waals surface area contributed by atoms with Gasteiger partial charge in [0.05, 0.1) is 11.1 Å². The molecule has 2 fully saturated rings. The summed E-state index contributed by atoms with van der Waals surface area (Å²) in [6.45, 7) is 0.669. The molecule has 1 aromatic rings. The fraction of sp³-hybridized carbons (Fsp3) is 0.450. The van der Waals surface area contributed by atoms with Gasteiger partial charge in [-0.15, -0.1) is 0 Å². The number of barbiturate groups is 1. The van der Waals surface area contributed by atoms with Gasteiger partial charge in [-0.3, -0.25) is 20.2 Å². The number of benzene rings is 1. The highest BCUT2D eigenvalue weighted by Crippen LogP contribution is 2.29. The van der Waals surface area contributed by atoms with Crippen LogP contribution in [0.5, 0.6) is 5.75 Å². The first kappa shape index (κ1) is 19.6. The van der Waals surface area contributed by atoms with Gasteiger partial charge in [0.1, 0.15) is 11.3 Å². The molecule has 27 heavy (non-hydrogen) atoms. The Balaban J connectivity index is 1.55. The minimum absolute atomic E-state index is 0.109. The van der Waals surface area contributed by atoms with Crippen molar-refractivity contribution in [3.05, 3.63) is 33.8 Å². The SMILES string of the molecule is O=C1NC(=O)C(=Cc2ccc(OCCCC3CCCCC3)c(Br)c2)C(=O)N1. The van der Waals surface area contributed by atoms with Crippen LogP contribution >= 0.6 is 15.9 Å². The fourth-order valence-electron chi connectivity index (χ4n) is 3.53. The summed E-state index contributed by atoms with van der Waals surface area (Å²) in [6, 6.07) is 4.55. The summed E-state index contributed by atoms with van der Waals surface area (Å²) < 4.78 is 6.61. The normalized spacial score (nSPS) is 18.1. The number of ether oxygens (including phenoxy) is 1. The maximum absolute atomic E-state index is 11.8. The van der Waals surface area contributed by atoms with Gasteiger partial charge in [-0.1, -0.05) is 38.2 Å². The summed E-state index contributed by atoms with van der Waals surface area (Å²) in [6.07, 6.45) is 10.5. The zero-order valence-electron chi connectivity index (χ0n) is 15.1. The van der Waals surface area contributed by atoms with Crippen molar-refractivity contribution in [2.45, 2.75) is 44.9 Å². The lowest BCUT2D eigenvalue weighted by atomic mass is 9.86. The molecule has 3 rings (SSSR count). The van der Waals surface area contributed by atoms with E-state index in [0.29, 0.717) is 12.2 Å². The van der Waals surface area contributed by atoms with Crippen molar-refractivity contribution >= 4 is 39.9 Å². The molecule has 1 heterocycles. The summed E-state index contributed by atoms with van der Waals surface area (Å²) in [5.74, 6) is 0.166. The van der Waals surface area contributed by atoms with Gasteiger partial charge in [-0.2, -0.15) is 0 Å². The molecule has 0 radical (unpaired) electrons. The van der Waals surface area contributed by atoms with Crippen LogP contribution in [-0.2, 0) is 9.59 Å². The number of imide groups is 2. The van der Waals surface area contributed by atoms with Gasteiger partial charge in [0, 0.05) is 0 Å². The van der Waals surface area contributed by atoms with E-state index >= 15 is 0 Å². The second-order valence-electron chi connectivity index (χ2n) is 6.98. The highest BCUT2D eigenvalue weighted by Gasteiger charge is 2.27. The van der Waals surface area contributed by atoms with Gasteiger partial charge >= 0.3 is 6.03 Å². The molecule has 1 aliphatic heterocycles. The zero-order valence-corrected chi connectivity index (χ0v) is 16.6. The van der Waals surface area contributed by atoms with E-state index in [1.54, 1.807) is 18.2 Å². The van der Waals surface area contributed by atoms with Crippen LogP contribution in [-0.4, -0.2) is 24.5 Å². The molecule has 0 unspecified atom stereocenters. The molecular formula is C20H23BrN2O4.